The maximum atomic E-state index is 13.9. The van der Waals surface area contributed by atoms with Crippen molar-refractivity contribution in [3.63, 3.8) is 0 Å². The highest BCUT2D eigenvalue weighted by atomic mass is 32.1. The number of imidazole rings is 1. The Balaban J connectivity index is 1.52. The normalized spacial score (nSPS) is 14.8. The van der Waals surface area contributed by atoms with Gasteiger partial charge in [-0.1, -0.05) is 17.4 Å². The van der Waals surface area contributed by atoms with Crippen LogP contribution in [0.4, 0.5) is 5.13 Å². The van der Waals surface area contributed by atoms with Crippen LogP contribution in [-0.4, -0.2) is 71.7 Å². The second kappa shape index (κ2) is 8.85. The van der Waals surface area contributed by atoms with Crippen molar-refractivity contribution in [2.75, 3.05) is 51.4 Å². The summed E-state index contributed by atoms with van der Waals surface area (Å²) in [4.78, 5) is 27.4. The molecule has 0 saturated carbocycles. The van der Waals surface area contributed by atoms with Gasteiger partial charge < -0.3 is 9.47 Å². The standard InChI is InChI=1S/C23H25N5O3S/c1-16-21(27-8-4-3-5-20(27)24-16)22(29)28(10-9-26-11-13-31-14-12-26)23-25-18-7-6-17(30-2)15-19(18)32-23/h3-8,15H,9-14H2,1-2H3. The lowest BCUT2D eigenvalue weighted by atomic mass is 10.3. The highest BCUT2D eigenvalue weighted by molar-refractivity contribution is 7.22. The van der Waals surface area contributed by atoms with Crippen LogP contribution >= 0.6 is 11.3 Å². The molecule has 1 fully saturated rings. The molecular formula is C23H25N5O3S. The Kier molecular flexibility index (Phi) is 5.77. The summed E-state index contributed by atoms with van der Waals surface area (Å²) in [6.45, 7) is 6.35. The lowest BCUT2D eigenvalue weighted by Gasteiger charge is -2.29. The van der Waals surface area contributed by atoms with E-state index in [2.05, 4.69) is 9.88 Å². The van der Waals surface area contributed by atoms with Gasteiger partial charge in [0.1, 0.15) is 17.1 Å². The number of pyridine rings is 1. The second-order valence-corrected chi connectivity index (χ2v) is 8.72. The molecule has 1 amide bonds. The Labute approximate surface area is 190 Å². The van der Waals surface area contributed by atoms with Crippen LogP contribution in [0.2, 0.25) is 0 Å². The molecule has 166 valence electrons. The highest BCUT2D eigenvalue weighted by Crippen LogP contribution is 2.32. The Morgan fingerprint density at radius 1 is 1.22 bits per heavy atom. The minimum absolute atomic E-state index is 0.0968. The van der Waals surface area contributed by atoms with Crippen molar-refractivity contribution in [3.05, 3.63) is 54.0 Å². The first-order chi connectivity index (χ1) is 15.6. The van der Waals surface area contributed by atoms with Gasteiger partial charge in [-0.2, -0.15) is 0 Å². The molecule has 4 aromatic rings. The molecular weight excluding hydrogens is 426 g/mol. The third-order valence-electron chi connectivity index (χ3n) is 5.71. The van der Waals surface area contributed by atoms with E-state index < -0.39 is 0 Å². The van der Waals surface area contributed by atoms with Crippen LogP contribution in [0.5, 0.6) is 5.75 Å². The van der Waals surface area contributed by atoms with Gasteiger partial charge in [0.05, 0.1) is 36.2 Å². The van der Waals surface area contributed by atoms with Crippen LogP contribution in [0.25, 0.3) is 15.9 Å². The van der Waals surface area contributed by atoms with E-state index in [1.807, 2.05) is 53.9 Å². The predicted octanol–water partition coefficient (Wildman–Crippen LogP) is 3.24. The number of thiazole rings is 1. The maximum Gasteiger partial charge on any atom is 0.279 e. The van der Waals surface area contributed by atoms with E-state index in [0.29, 0.717) is 23.1 Å². The average Bonchev–Trinajstić information content (AvgIpc) is 3.39. The van der Waals surface area contributed by atoms with E-state index in [9.17, 15) is 4.79 Å². The van der Waals surface area contributed by atoms with Gasteiger partial charge in [0.15, 0.2) is 5.13 Å². The number of aromatic nitrogens is 3. The van der Waals surface area contributed by atoms with E-state index in [-0.39, 0.29) is 5.91 Å². The molecule has 4 heterocycles. The topological polar surface area (TPSA) is 72.2 Å². The van der Waals surface area contributed by atoms with Crippen molar-refractivity contribution in [3.8, 4) is 5.75 Å². The largest absolute Gasteiger partial charge is 0.497 e. The number of fused-ring (bicyclic) bond motifs is 2. The van der Waals surface area contributed by atoms with Crippen LogP contribution in [0.3, 0.4) is 0 Å². The molecule has 0 atom stereocenters. The van der Waals surface area contributed by atoms with Gasteiger partial charge in [-0.15, -0.1) is 0 Å². The monoisotopic (exact) mass is 451 g/mol. The number of morpholine rings is 1. The first kappa shape index (κ1) is 20.9. The summed E-state index contributed by atoms with van der Waals surface area (Å²) in [5.41, 5.74) is 2.89. The summed E-state index contributed by atoms with van der Waals surface area (Å²) >= 11 is 1.50. The van der Waals surface area contributed by atoms with E-state index in [4.69, 9.17) is 14.5 Å². The lowest BCUT2D eigenvalue weighted by molar-refractivity contribution is 0.0391. The number of hydrogen-bond donors (Lipinski definition) is 0. The number of aryl methyl sites for hydroxylation is 1. The Hall–Kier alpha value is -3.01. The summed E-state index contributed by atoms with van der Waals surface area (Å²) in [6.07, 6.45) is 1.88. The fourth-order valence-electron chi connectivity index (χ4n) is 3.98. The predicted molar refractivity (Wildman–Crippen MR) is 125 cm³/mol. The molecule has 8 nitrogen and oxygen atoms in total. The van der Waals surface area contributed by atoms with E-state index in [1.165, 1.54) is 11.3 Å². The first-order valence-electron chi connectivity index (χ1n) is 10.6. The van der Waals surface area contributed by atoms with Crippen molar-refractivity contribution < 1.29 is 14.3 Å². The van der Waals surface area contributed by atoms with E-state index in [1.54, 1.807) is 12.0 Å². The highest BCUT2D eigenvalue weighted by Gasteiger charge is 2.27. The molecule has 0 bridgehead atoms. The Morgan fingerprint density at radius 3 is 2.88 bits per heavy atom. The van der Waals surface area contributed by atoms with Crippen molar-refractivity contribution >= 4 is 38.2 Å². The summed E-state index contributed by atoms with van der Waals surface area (Å²) in [6, 6.07) is 11.5. The molecule has 3 aromatic heterocycles. The lowest BCUT2D eigenvalue weighted by Crippen LogP contribution is -2.43. The number of ether oxygens (including phenoxy) is 2. The zero-order valence-corrected chi connectivity index (χ0v) is 19.0. The summed E-state index contributed by atoms with van der Waals surface area (Å²) in [5.74, 6) is 0.678. The van der Waals surface area contributed by atoms with Crippen LogP contribution in [-0.2, 0) is 4.74 Å². The third-order valence-corrected chi connectivity index (χ3v) is 6.75. The minimum atomic E-state index is -0.0968. The number of hydrogen-bond acceptors (Lipinski definition) is 7. The fourth-order valence-corrected chi connectivity index (χ4v) is 5.00. The van der Waals surface area contributed by atoms with Gasteiger partial charge in [0.2, 0.25) is 0 Å². The first-order valence-corrected chi connectivity index (χ1v) is 11.5. The molecule has 0 spiro atoms. The van der Waals surface area contributed by atoms with Gasteiger partial charge in [-0.05, 0) is 37.3 Å². The fraction of sp³-hybridized carbons (Fsp3) is 0.348. The van der Waals surface area contributed by atoms with E-state index >= 15 is 0 Å². The SMILES string of the molecule is COc1ccc2nc(N(CCN3CCOCC3)C(=O)c3c(C)nc4ccccn34)sc2c1. The number of benzene rings is 1. The van der Waals surface area contributed by atoms with Crippen LogP contribution in [0, 0.1) is 6.92 Å². The van der Waals surface area contributed by atoms with Gasteiger partial charge in [-0.3, -0.25) is 19.0 Å². The zero-order chi connectivity index (χ0) is 22.1. The van der Waals surface area contributed by atoms with Gasteiger partial charge in [-0.25, -0.2) is 9.97 Å². The molecule has 5 rings (SSSR count). The van der Waals surface area contributed by atoms with E-state index in [0.717, 1.165) is 54.5 Å². The summed E-state index contributed by atoms with van der Waals surface area (Å²) < 4.78 is 13.7. The smallest absolute Gasteiger partial charge is 0.279 e. The number of nitrogens with zero attached hydrogens (tertiary/aromatic N) is 5. The van der Waals surface area contributed by atoms with Crippen molar-refractivity contribution in [2.24, 2.45) is 0 Å². The maximum absolute atomic E-state index is 13.9. The van der Waals surface area contributed by atoms with Crippen molar-refractivity contribution in [1.29, 1.82) is 0 Å². The van der Waals surface area contributed by atoms with Crippen LogP contribution < -0.4 is 9.64 Å². The summed E-state index contributed by atoms with van der Waals surface area (Å²) in [7, 11) is 1.65. The number of carbonyl (C=O) groups is 1. The summed E-state index contributed by atoms with van der Waals surface area (Å²) in [5, 5.41) is 0.678. The third kappa shape index (κ3) is 3.94. The van der Waals surface area contributed by atoms with Gasteiger partial charge in [0.25, 0.3) is 5.91 Å². The average molecular weight is 452 g/mol. The van der Waals surface area contributed by atoms with Crippen molar-refractivity contribution in [2.45, 2.75) is 6.92 Å². The minimum Gasteiger partial charge on any atom is -0.497 e. The van der Waals surface area contributed by atoms with Crippen LogP contribution in [0.1, 0.15) is 16.2 Å². The quantitative estimate of drug-likeness (QED) is 0.448. The molecule has 32 heavy (non-hydrogen) atoms. The number of amides is 1. The number of rotatable bonds is 6. The zero-order valence-electron chi connectivity index (χ0n) is 18.2. The molecule has 0 radical (unpaired) electrons. The van der Waals surface area contributed by atoms with Crippen molar-refractivity contribution in [1.82, 2.24) is 19.3 Å². The number of carbonyl (C=O) groups excluding carboxylic acids is 1. The molecule has 1 aliphatic heterocycles. The van der Waals surface area contributed by atoms with Gasteiger partial charge in [0, 0.05) is 32.4 Å². The second-order valence-electron chi connectivity index (χ2n) is 7.72. The molecule has 0 unspecified atom stereocenters. The van der Waals surface area contributed by atoms with Gasteiger partial charge >= 0.3 is 0 Å². The molecule has 9 heteroatoms. The molecule has 1 saturated heterocycles. The Bertz CT molecular complexity index is 1260. The molecule has 1 aromatic carbocycles. The molecule has 0 aliphatic carbocycles. The number of methoxy groups -OCH3 is 1. The molecule has 1 aliphatic rings. The van der Waals surface area contributed by atoms with Crippen LogP contribution in [0.15, 0.2) is 42.6 Å². The molecule has 0 N–H and O–H groups in total. The number of anilines is 1. The Morgan fingerprint density at radius 2 is 2.06 bits per heavy atom.